The second-order valence-corrected chi connectivity index (χ2v) is 6.42. The first-order valence-corrected chi connectivity index (χ1v) is 8.03. The van der Waals surface area contributed by atoms with Crippen LogP contribution in [-0.2, 0) is 14.8 Å². The lowest BCUT2D eigenvalue weighted by Crippen LogP contribution is -2.25. The van der Waals surface area contributed by atoms with Gasteiger partial charge in [0.1, 0.15) is 0 Å². The number of anilines is 1. The van der Waals surface area contributed by atoms with E-state index >= 15 is 0 Å². The highest BCUT2D eigenvalue weighted by Crippen LogP contribution is 2.21. The third-order valence-corrected chi connectivity index (χ3v) is 4.19. The molecule has 0 aliphatic carbocycles. The second kappa shape index (κ2) is 7.92. The van der Waals surface area contributed by atoms with Gasteiger partial charge in [-0.1, -0.05) is 6.08 Å². The number of nitrogens with one attached hydrogen (secondary N) is 2. The number of rotatable bonds is 9. The normalized spacial score (nSPS) is 12.6. The molecule has 1 aromatic rings. The summed E-state index contributed by atoms with van der Waals surface area (Å²) in [5.74, 6) is -1.21. The van der Waals surface area contributed by atoms with E-state index in [0.717, 1.165) is 6.07 Å². The van der Waals surface area contributed by atoms with E-state index in [1.54, 1.807) is 0 Å². The molecule has 0 bridgehead atoms. The van der Waals surface area contributed by atoms with Crippen molar-refractivity contribution < 1.29 is 23.1 Å². The molecule has 0 saturated heterocycles. The molecule has 1 atom stereocenters. The van der Waals surface area contributed by atoms with Gasteiger partial charge in [-0.25, -0.2) is 17.9 Å². The third-order valence-electron chi connectivity index (χ3n) is 2.77. The summed E-state index contributed by atoms with van der Waals surface area (Å²) in [5.41, 5.74) is 0.212. The zero-order chi connectivity index (χ0) is 16.8. The summed E-state index contributed by atoms with van der Waals surface area (Å²) in [4.78, 5) is 11.2. The van der Waals surface area contributed by atoms with Gasteiger partial charge in [0.05, 0.1) is 17.1 Å². The van der Waals surface area contributed by atoms with E-state index in [1.807, 2.05) is 6.92 Å². The first kappa shape index (κ1) is 18.1. The summed E-state index contributed by atoms with van der Waals surface area (Å²) >= 11 is 0. The Hall–Kier alpha value is -1.90. The van der Waals surface area contributed by atoms with Crippen LogP contribution < -0.4 is 10.0 Å². The van der Waals surface area contributed by atoms with Crippen LogP contribution in [0.25, 0.3) is 0 Å². The lowest BCUT2D eigenvalue weighted by molar-refractivity contribution is 0.0697. The average Bonchev–Trinajstić information content (AvgIpc) is 2.45. The van der Waals surface area contributed by atoms with Gasteiger partial charge in [0.2, 0.25) is 10.0 Å². The minimum atomic E-state index is -3.77. The minimum absolute atomic E-state index is 0.0651. The molecule has 0 aliphatic heterocycles. The Kier molecular flexibility index (Phi) is 6.54. The zero-order valence-electron chi connectivity index (χ0n) is 12.5. The fourth-order valence-corrected chi connectivity index (χ4v) is 2.83. The predicted molar refractivity (Wildman–Crippen MR) is 83.7 cm³/mol. The van der Waals surface area contributed by atoms with Crippen LogP contribution in [0.4, 0.5) is 5.69 Å². The molecular weight excluding hydrogens is 308 g/mol. The highest BCUT2D eigenvalue weighted by Gasteiger charge is 2.19. The molecule has 0 heterocycles. The first-order valence-electron chi connectivity index (χ1n) is 6.55. The summed E-state index contributed by atoms with van der Waals surface area (Å²) in [7, 11) is -2.23. The van der Waals surface area contributed by atoms with Crippen LogP contribution in [0.2, 0.25) is 0 Å². The molecule has 1 rings (SSSR count). The van der Waals surface area contributed by atoms with Crippen molar-refractivity contribution in [2.45, 2.75) is 17.9 Å². The number of benzene rings is 1. The topological polar surface area (TPSA) is 105 Å². The number of hydrogen-bond donors (Lipinski definition) is 3. The minimum Gasteiger partial charge on any atom is -0.478 e. The fourth-order valence-electron chi connectivity index (χ4n) is 1.80. The highest BCUT2D eigenvalue weighted by molar-refractivity contribution is 7.89. The number of methoxy groups -OCH3 is 1. The van der Waals surface area contributed by atoms with Crippen LogP contribution in [-0.4, -0.2) is 45.8 Å². The maximum absolute atomic E-state index is 12.0. The molecule has 0 radical (unpaired) electrons. The zero-order valence-corrected chi connectivity index (χ0v) is 13.3. The van der Waals surface area contributed by atoms with E-state index in [1.165, 1.54) is 25.3 Å². The molecule has 3 N–H and O–H groups in total. The number of ether oxygens (including phenoxy) is 1. The van der Waals surface area contributed by atoms with Gasteiger partial charge >= 0.3 is 5.97 Å². The molecule has 22 heavy (non-hydrogen) atoms. The molecule has 0 saturated carbocycles. The van der Waals surface area contributed by atoms with Gasteiger partial charge in [0.15, 0.2) is 0 Å². The summed E-state index contributed by atoms with van der Waals surface area (Å²) in [5, 5.41) is 12.2. The van der Waals surface area contributed by atoms with Gasteiger partial charge in [0, 0.05) is 25.4 Å². The largest absolute Gasteiger partial charge is 0.478 e. The summed E-state index contributed by atoms with van der Waals surface area (Å²) in [6.45, 7) is 5.70. The Morgan fingerprint density at radius 2 is 2.18 bits per heavy atom. The van der Waals surface area contributed by atoms with Crippen LogP contribution in [0, 0.1) is 0 Å². The molecule has 0 amide bonds. The molecule has 0 spiro atoms. The summed E-state index contributed by atoms with van der Waals surface area (Å²) < 4.78 is 31.3. The Labute approximate surface area is 130 Å². The van der Waals surface area contributed by atoms with Crippen LogP contribution in [0.15, 0.2) is 35.7 Å². The standard InChI is InChI=1S/C14H20N2O5S/c1-4-7-15-22(19,20)11-5-6-13(12(8-11)14(17)18)16-10(2)9-21-3/h4-6,8,10,15-16H,1,7,9H2,2-3H3,(H,17,18)/t10-/m0/s1. The molecule has 122 valence electrons. The number of aromatic carboxylic acids is 1. The Morgan fingerprint density at radius 3 is 2.73 bits per heavy atom. The van der Waals surface area contributed by atoms with Gasteiger partial charge in [-0.15, -0.1) is 6.58 Å². The summed E-state index contributed by atoms with van der Waals surface area (Å²) in [6, 6.07) is 3.78. The van der Waals surface area contributed by atoms with Crippen molar-refractivity contribution in [3.8, 4) is 0 Å². The number of sulfonamides is 1. The Bertz CT molecular complexity index is 643. The van der Waals surface area contributed by atoms with Crippen LogP contribution in [0.5, 0.6) is 0 Å². The van der Waals surface area contributed by atoms with Crippen molar-refractivity contribution in [1.29, 1.82) is 0 Å². The van der Waals surface area contributed by atoms with Crippen LogP contribution >= 0.6 is 0 Å². The van der Waals surface area contributed by atoms with Gasteiger partial charge in [-0.05, 0) is 25.1 Å². The van der Waals surface area contributed by atoms with E-state index in [0.29, 0.717) is 12.3 Å². The van der Waals surface area contributed by atoms with Gasteiger partial charge < -0.3 is 15.2 Å². The van der Waals surface area contributed by atoms with Crippen molar-refractivity contribution in [2.24, 2.45) is 0 Å². The first-order chi connectivity index (χ1) is 10.3. The lowest BCUT2D eigenvalue weighted by atomic mass is 10.1. The van der Waals surface area contributed by atoms with E-state index < -0.39 is 16.0 Å². The van der Waals surface area contributed by atoms with Gasteiger partial charge in [0.25, 0.3) is 0 Å². The number of carbonyl (C=O) groups is 1. The van der Waals surface area contributed by atoms with Crippen molar-refractivity contribution in [3.05, 3.63) is 36.4 Å². The maximum Gasteiger partial charge on any atom is 0.337 e. The van der Waals surface area contributed by atoms with E-state index in [2.05, 4.69) is 16.6 Å². The molecule has 0 fully saturated rings. The van der Waals surface area contributed by atoms with Crippen molar-refractivity contribution in [1.82, 2.24) is 4.72 Å². The molecular formula is C14H20N2O5S. The lowest BCUT2D eigenvalue weighted by Gasteiger charge is -2.17. The molecule has 0 unspecified atom stereocenters. The van der Waals surface area contributed by atoms with E-state index in [9.17, 15) is 18.3 Å². The number of carboxylic acid groups (broad SMARTS) is 1. The SMILES string of the molecule is C=CCNS(=O)(=O)c1ccc(N[C@@H](C)COC)c(C(=O)O)c1. The van der Waals surface area contributed by atoms with Crippen molar-refractivity contribution >= 4 is 21.7 Å². The van der Waals surface area contributed by atoms with Crippen LogP contribution in [0.1, 0.15) is 17.3 Å². The molecule has 0 aliphatic rings. The van der Waals surface area contributed by atoms with E-state index in [-0.39, 0.29) is 23.0 Å². The smallest absolute Gasteiger partial charge is 0.337 e. The fraction of sp³-hybridized carbons (Fsp3) is 0.357. The maximum atomic E-state index is 12.0. The predicted octanol–water partition coefficient (Wildman–Crippen LogP) is 1.30. The van der Waals surface area contributed by atoms with E-state index in [4.69, 9.17) is 4.74 Å². The quantitative estimate of drug-likeness (QED) is 0.590. The average molecular weight is 328 g/mol. The Balaban J connectivity index is 3.14. The second-order valence-electron chi connectivity index (χ2n) is 4.65. The van der Waals surface area contributed by atoms with Crippen LogP contribution in [0.3, 0.4) is 0 Å². The van der Waals surface area contributed by atoms with Crippen molar-refractivity contribution in [2.75, 3.05) is 25.6 Å². The Morgan fingerprint density at radius 1 is 1.50 bits per heavy atom. The monoisotopic (exact) mass is 328 g/mol. The number of carboxylic acids is 1. The highest BCUT2D eigenvalue weighted by atomic mass is 32.2. The van der Waals surface area contributed by atoms with Gasteiger partial charge in [-0.3, -0.25) is 0 Å². The summed E-state index contributed by atoms with van der Waals surface area (Å²) in [6.07, 6.45) is 1.40. The molecule has 1 aromatic carbocycles. The van der Waals surface area contributed by atoms with Gasteiger partial charge in [-0.2, -0.15) is 0 Å². The third kappa shape index (κ3) is 4.83. The molecule has 8 heteroatoms. The van der Waals surface area contributed by atoms with Crippen molar-refractivity contribution in [3.63, 3.8) is 0 Å². The number of hydrogen-bond acceptors (Lipinski definition) is 5. The molecule has 0 aromatic heterocycles. The molecule has 7 nitrogen and oxygen atoms in total.